The molecule has 1 fully saturated rings. The van der Waals surface area contributed by atoms with Crippen LogP contribution in [0.15, 0.2) is 11.5 Å². The van der Waals surface area contributed by atoms with Crippen LogP contribution in [0.4, 0.5) is 0 Å². The van der Waals surface area contributed by atoms with E-state index in [9.17, 15) is 9.90 Å². The first-order valence-corrected chi connectivity index (χ1v) is 8.27. The SMILES string of the molecule is Cc1nc(C=CC(=O)NCC2(O)CCC(C)(C)CC2)cs1. The Bertz CT molecular complexity index is 524. The number of aromatic nitrogens is 1. The molecule has 0 radical (unpaired) electrons. The van der Waals surface area contributed by atoms with E-state index in [1.165, 1.54) is 6.08 Å². The number of amides is 1. The van der Waals surface area contributed by atoms with Crippen molar-refractivity contribution in [2.24, 2.45) is 5.41 Å². The number of nitrogens with one attached hydrogen (secondary N) is 1. The Hall–Kier alpha value is -1.20. The molecule has 1 aliphatic rings. The third-order valence-corrected chi connectivity index (χ3v) is 4.96. The monoisotopic (exact) mass is 308 g/mol. The third-order valence-electron chi connectivity index (χ3n) is 4.17. The van der Waals surface area contributed by atoms with Crippen LogP contribution in [0.2, 0.25) is 0 Å². The van der Waals surface area contributed by atoms with Crippen LogP contribution in [0.1, 0.15) is 50.2 Å². The zero-order valence-corrected chi connectivity index (χ0v) is 13.8. The first-order chi connectivity index (χ1) is 9.78. The Kier molecular flexibility index (Phi) is 4.84. The maximum Gasteiger partial charge on any atom is 0.244 e. The van der Waals surface area contributed by atoms with Gasteiger partial charge in [-0.05, 0) is 44.1 Å². The first kappa shape index (κ1) is 16.2. The van der Waals surface area contributed by atoms with Crippen molar-refractivity contribution < 1.29 is 9.90 Å². The lowest BCUT2D eigenvalue weighted by atomic mass is 9.71. The van der Waals surface area contributed by atoms with Gasteiger partial charge in [-0.15, -0.1) is 11.3 Å². The minimum atomic E-state index is -0.754. The lowest BCUT2D eigenvalue weighted by Gasteiger charge is -2.40. The van der Waals surface area contributed by atoms with Crippen LogP contribution >= 0.6 is 11.3 Å². The van der Waals surface area contributed by atoms with Crippen molar-refractivity contribution in [3.05, 3.63) is 22.2 Å². The van der Waals surface area contributed by atoms with E-state index in [2.05, 4.69) is 24.1 Å². The number of hydrogen-bond donors (Lipinski definition) is 2. The molecule has 4 nitrogen and oxygen atoms in total. The molecule has 1 heterocycles. The summed E-state index contributed by atoms with van der Waals surface area (Å²) in [4.78, 5) is 16.1. The summed E-state index contributed by atoms with van der Waals surface area (Å²) in [6.07, 6.45) is 6.66. The Morgan fingerprint density at radius 3 is 2.67 bits per heavy atom. The quantitative estimate of drug-likeness (QED) is 0.841. The predicted octanol–water partition coefficient (Wildman–Crippen LogP) is 2.91. The van der Waals surface area contributed by atoms with Crippen molar-refractivity contribution in [1.29, 1.82) is 0 Å². The van der Waals surface area contributed by atoms with E-state index in [0.717, 1.165) is 36.4 Å². The van der Waals surface area contributed by atoms with Crippen LogP contribution in [-0.2, 0) is 4.79 Å². The second-order valence-corrected chi connectivity index (χ2v) is 7.79. The van der Waals surface area contributed by atoms with Gasteiger partial charge < -0.3 is 10.4 Å². The number of carbonyl (C=O) groups is 1. The highest BCUT2D eigenvalue weighted by molar-refractivity contribution is 7.09. The molecule has 21 heavy (non-hydrogen) atoms. The number of aryl methyl sites for hydroxylation is 1. The van der Waals surface area contributed by atoms with Crippen molar-refractivity contribution in [2.75, 3.05) is 6.54 Å². The van der Waals surface area contributed by atoms with Gasteiger partial charge in [0.15, 0.2) is 0 Å². The molecule has 2 N–H and O–H groups in total. The molecule has 0 bridgehead atoms. The molecule has 1 amide bonds. The van der Waals surface area contributed by atoms with Crippen LogP contribution < -0.4 is 5.32 Å². The molecule has 1 aliphatic carbocycles. The van der Waals surface area contributed by atoms with Gasteiger partial charge >= 0.3 is 0 Å². The Morgan fingerprint density at radius 2 is 2.10 bits per heavy atom. The van der Waals surface area contributed by atoms with Gasteiger partial charge in [0.05, 0.1) is 16.3 Å². The number of carbonyl (C=O) groups excluding carboxylic acids is 1. The average Bonchev–Trinajstić information content (AvgIpc) is 2.84. The number of hydrogen-bond acceptors (Lipinski definition) is 4. The summed E-state index contributed by atoms with van der Waals surface area (Å²) in [6, 6.07) is 0. The van der Waals surface area contributed by atoms with E-state index < -0.39 is 5.60 Å². The highest BCUT2D eigenvalue weighted by Crippen LogP contribution is 2.39. The van der Waals surface area contributed by atoms with Gasteiger partial charge in [0.25, 0.3) is 0 Å². The van der Waals surface area contributed by atoms with Gasteiger partial charge in [-0.25, -0.2) is 4.98 Å². The van der Waals surface area contributed by atoms with E-state index in [4.69, 9.17) is 0 Å². The molecule has 0 aliphatic heterocycles. The van der Waals surface area contributed by atoms with Crippen molar-refractivity contribution in [2.45, 2.75) is 52.1 Å². The van der Waals surface area contributed by atoms with Gasteiger partial charge in [0, 0.05) is 18.0 Å². The zero-order valence-electron chi connectivity index (χ0n) is 13.0. The molecular weight excluding hydrogens is 284 g/mol. The molecule has 2 rings (SSSR count). The fraction of sp³-hybridized carbons (Fsp3) is 0.625. The van der Waals surface area contributed by atoms with Crippen LogP contribution in [-0.4, -0.2) is 28.1 Å². The Balaban J connectivity index is 1.80. The Labute approximate surface area is 130 Å². The summed E-state index contributed by atoms with van der Waals surface area (Å²) in [7, 11) is 0. The fourth-order valence-corrected chi connectivity index (χ4v) is 3.08. The van der Waals surface area contributed by atoms with Gasteiger partial charge in [-0.2, -0.15) is 0 Å². The molecule has 116 valence electrons. The van der Waals surface area contributed by atoms with E-state index >= 15 is 0 Å². The second kappa shape index (κ2) is 6.28. The van der Waals surface area contributed by atoms with Crippen LogP contribution in [0.3, 0.4) is 0 Å². The molecule has 0 aromatic carbocycles. The van der Waals surface area contributed by atoms with Gasteiger partial charge in [-0.3, -0.25) is 4.79 Å². The molecule has 0 unspecified atom stereocenters. The van der Waals surface area contributed by atoms with Crippen molar-refractivity contribution in [1.82, 2.24) is 10.3 Å². The lowest BCUT2D eigenvalue weighted by Crippen LogP contribution is -2.46. The Morgan fingerprint density at radius 1 is 1.43 bits per heavy atom. The van der Waals surface area contributed by atoms with Crippen LogP contribution in [0.25, 0.3) is 6.08 Å². The first-order valence-electron chi connectivity index (χ1n) is 7.39. The number of aliphatic hydroxyl groups is 1. The molecule has 1 aromatic rings. The molecule has 0 spiro atoms. The number of nitrogens with zero attached hydrogens (tertiary/aromatic N) is 1. The molecule has 1 saturated carbocycles. The fourth-order valence-electron chi connectivity index (χ4n) is 2.50. The van der Waals surface area contributed by atoms with E-state index in [0.29, 0.717) is 12.0 Å². The van der Waals surface area contributed by atoms with Gasteiger partial charge in [-0.1, -0.05) is 13.8 Å². The van der Waals surface area contributed by atoms with E-state index in [-0.39, 0.29) is 5.91 Å². The summed E-state index contributed by atoms with van der Waals surface area (Å²) >= 11 is 1.56. The molecule has 5 heteroatoms. The predicted molar refractivity (Wildman–Crippen MR) is 86.1 cm³/mol. The third kappa shape index (κ3) is 4.93. The van der Waals surface area contributed by atoms with Crippen LogP contribution in [0, 0.1) is 12.3 Å². The molecular formula is C16H24N2O2S. The standard InChI is InChI=1S/C16H24N2O2S/c1-12-18-13(10-21-12)4-5-14(19)17-11-16(20)8-6-15(2,3)7-9-16/h4-5,10,20H,6-9,11H2,1-3H3,(H,17,19). The van der Waals surface area contributed by atoms with Crippen LogP contribution in [0.5, 0.6) is 0 Å². The van der Waals surface area contributed by atoms with Crippen molar-refractivity contribution >= 4 is 23.3 Å². The van der Waals surface area contributed by atoms with Crippen molar-refractivity contribution in [3.63, 3.8) is 0 Å². The number of thiazole rings is 1. The lowest BCUT2D eigenvalue weighted by molar-refractivity contribution is -0.118. The summed E-state index contributed by atoms with van der Waals surface area (Å²) in [5.74, 6) is -0.182. The maximum absolute atomic E-state index is 11.8. The van der Waals surface area contributed by atoms with E-state index in [1.807, 2.05) is 12.3 Å². The van der Waals surface area contributed by atoms with Crippen molar-refractivity contribution in [3.8, 4) is 0 Å². The maximum atomic E-state index is 11.8. The minimum absolute atomic E-state index is 0.182. The molecule has 0 atom stereocenters. The highest BCUT2D eigenvalue weighted by atomic mass is 32.1. The molecule has 1 aromatic heterocycles. The second-order valence-electron chi connectivity index (χ2n) is 6.73. The topological polar surface area (TPSA) is 62.2 Å². The minimum Gasteiger partial charge on any atom is -0.388 e. The van der Waals surface area contributed by atoms with Gasteiger partial charge in [0.1, 0.15) is 0 Å². The molecule has 0 saturated heterocycles. The summed E-state index contributed by atoms with van der Waals surface area (Å²) in [5.41, 5.74) is 0.347. The summed E-state index contributed by atoms with van der Waals surface area (Å²) < 4.78 is 0. The normalized spacial score (nSPS) is 20.6. The van der Waals surface area contributed by atoms with Gasteiger partial charge in [0.2, 0.25) is 5.91 Å². The largest absolute Gasteiger partial charge is 0.388 e. The smallest absolute Gasteiger partial charge is 0.244 e. The highest BCUT2D eigenvalue weighted by Gasteiger charge is 2.36. The van der Waals surface area contributed by atoms with E-state index in [1.54, 1.807) is 17.4 Å². The number of rotatable bonds is 4. The summed E-state index contributed by atoms with van der Waals surface area (Å²) in [6.45, 7) is 6.71. The zero-order chi connectivity index (χ0) is 15.5. The summed E-state index contributed by atoms with van der Waals surface area (Å²) in [5, 5.41) is 16.2. The average molecular weight is 308 g/mol.